The molecule has 0 atom stereocenters. The number of hydrogen-bond donors (Lipinski definition) is 2. The van der Waals surface area contributed by atoms with E-state index in [1.807, 2.05) is 38.1 Å². The van der Waals surface area contributed by atoms with Crippen LogP contribution < -0.4 is 10.1 Å². The topological polar surface area (TPSA) is 41.5 Å². The van der Waals surface area contributed by atoms with Crippen LogP contribution in [0.4, 0.5) is 5.69 Å². The average molecular weight is 271 g/mol. The molecule has 3 heteroatoms. The molecule has 2 rings (SSSR count). The number of phenolic OH excluding ortho intramolecular Hbond substituents is 1. The molecule has 0 spiro atoms. The number of aryl methyl sites for hydroxylation is 3. The fraction of sp³-hybridized carbons (Fsp3) is 0.294. The Morgan fingerprint density at radius 2 is 1.70 bits per heavy atom. The average Bonchev–Trinajstić information content (AvgIpc) is 2.42. The smallest absolute Gasteiger partial charge is 0.141 e. The Morgan fingerprint density at radius 3 is 2.30 bits per heavy atom. The van der Waals surface area contributed by atoms with E-state index in [2.05, 4.69) is 18.3 Å². The molecule has 0 heterocycles. The van der Waals surface area contributed by atoms with Crippen molar-refractivity contribution in [3.05, 3.63) is 52.6 Å². The van der Waals surface area contributed by atoms with Gasteiger partial charge >= 0.3 is 0 Å². The zero-order valence-electron chi connectivity index (χ0n) is 12.4. The number of aromatic hydroxyl groups is 1. The predicted molar refractivity (Wildman–Crippen MR) is 82.6 cm³/mol. The van der Waals surface area contributed by atoms with Crippen LogP contribution in [-0.4, -0.2) is 12.2 Å². The van der Waals surface area contributed by atoms with Gasteiger partial charge in [-0.15, -0.1) is 0 Å². The fourth-order valence-electron chi connectivity index (χ4n) is 2.30. The molecular formula is C17H21NO2. The third-order valence-electron chi connectivity index (χ3n) is 3.39. The number of rotatable bonds is 4. The van der Waals surface area contributed by atoms with Gasteiger partial charge in [0.1, 0.15) is 11.5 Å². The highest BCUT2D eigenvalue weighted by Crippen LogP contribution is 2.27. The highest BCUT2D eigenvalue weighted by atomic mass is 16.5. The second-order valence-electron chi connectivity index (χ2n) is 5.14. The van der Waals surface area contributed by atoms with E-state index < -0.39 is 0 Å². The molecule has 0 aliphatic rings. The molecule has 2 aromatic rings. The maximum absolute atomic E-state index is 9.79. The number of ether oxygens (including phenoxy) is 1. The van der Waals surface area contributed by atoms with Gasteiger partial charge < -0.3 is 15.2 Å². The van der Waals surface area contributed by atoms with Crippen LogP contribution in [0.25, 0.3) is 0 Å². The summed E-state index contributed by atoms with van der Waals surface area (Å²) in [6, 6.07) is 10.1. The van der Waals surface area contributed by atoms with E-state index in [1.165, 1.54) is 5.56 Å². The summed E-state index contributed by atoms with van der Waals surface area (Å²) >= 11 is 0. The molecule has 2 aromatic carbocycles. The zero-order chi connectivity index (χ0) is 14.7. The van der Waals surface area contributed by atoms with Crippen molar-refractivity contribution in [2.24, 2.45) is 0 Å². The van der Waals surface area contributed by atoms with Crippen molar-refractivity contribution in [2.75, 3.05) is 12.4 Å². The molecule has 0 saturated carbocycles. The zero-order valence-corrected chi connectivity index (χ0v) is 12.4. The van der Waals surface area contributed by atoms with Crippen molar-refractivity contribution >= 4 is 5.69 Å². The van der Waals surface area contributed by atoms with Crippen LogP contribution in [0.5, 0.6) is 11.5 Å². The van der Waals surface area contributed by atoms with Gasteiger partial charge in [-0.2, -0.15) is 0 Å². The summed E-state index contributed by atoms with van der Waals surface area (Å²) in [5.74, 6) is 1.21. The Bertz CT molecular complexity index is 597. The first kappa shape index (κ1) is 14.3. The van der Waals surface area contributed by atoms with Crippen LogP contribution in [0.3, 0.4) is 0 Å². The van der Waals surface area contributed by atoms with Crippen LogP contribution in [0.2, 0.25) is 0 Å². The minimum atomic E-state index is 0.377. The molecule has 0 amide bonds. The standard InChI is InChI=1S/C17H21NO2/c1-11-5-6-16(20-4)15(7-11)18-10-14-8-12(2)17(19)13(3)9-14/h5-9,18-19H,10H2,1-4H3. The Hall–Kier alpha value is -2.16. The van der Waals surface area contributed by atoms with Crippen molar-refractivity contribution in [3.63, 3.8) is 0 Å². The van der Waals surface area contributed by atoms with Gasteiger partial charge in [-0.3, -0.25) is 0 Å². The molecule has 0 unspecified atom stereocenters. The van der Waals surface area contributed by atoms with Crippen molar-refractivity contribution in [2.45, 2.75) is 27.3 Å². The van der Waals surface area contributed by atoms with Gasteiger partial charge in [-0.25, -0.2) is 0 Å². The number of methoxy groups -OCH3 is 1. The minimum absolute atomic E-state index is 0.377. The molecule has 2 N–H and O–H groups in total. The van der Waals surface area contributed by atoms with Gasteiger partial charge in [-0.05, 0) is 55.2 Å². The molecule has 0 aromatic heterocycles. The molecule has 0 fully saturated rings. The lowest BCUT2D eigenvalue weighted by atomic mass is 10.1. The Morgan fingerprint density at radius 1 is 1.05 bits per heavy atom. The van der Waals surface area contributed by atoms with E-state index in [9.17, 15) is 5.11 Å². The van der Waals surface area contributed by atoms with E-state index in [0.29, 0.717) is 12.3 Å². The molecule has 0 aliphatic carbocycles. The lowest BCUT2D eigenvalue weighted by Crippen LogP contribution is -2.02. The molecule has 0 bridgehead atoms. The second kappa shape index (κ2) is 5.87. The highest BCUT2D eigenvalue weighted by molar-refractivity contribution is 5.58. The summed E-state index contributed by atoms with van der Waals surface area (Å²) in [7, 11) is 1.67. The third-order valence-corrected chi connectivity index (χ3v) is 3.39. The van der Waals surface area contributed by atoms with Crippen LogP contribution in [0.1, 0.15) is 22.3 Å². The van der Waals surface area contributed by atoms with Gasteiger partial charge in [0.2, 0.25) is 0 Å². The normalized spacial score (nSPS) is 10.4. The van der Waals surface area contributed by atoms with E-state index >= 15 is 0 Å². The lowest BCUT2D eigenvalue weighted by Gasteiger charge is -2.13. The van der Waals surface area contributed by atoms with Crippen LogP contribution in [0.15, 0.2) is 30.3 Å². The summed E-state index contributed by atoms with van der Waals surface area (Å²) < 4.78 is 5.35. The number of anilines is 1. The summed E-state index contributed by atoms with van der Waals surface area (Å²) in [4.78, 5) is 0. The van der Waals surface area contributed by atoms with Gasteiger partial charge in [0.15, 0.2) is 0 Å². The number of benzene rings is 2. The quantitative estimate of drug-likeness (QED) is 0.885. The van der Waals surface area contributed by atoms with E-state index in [1.54, 1.807) is 7.11 Å². The van der Waals surface area contributed by atoms with Crippen molar-refractivity contribution < 1.29 is 9.84 Å². The summed E-state index contributed by atoms with van der Waals surface area (Å²) in [6.07, 6.45) is 0. The van der Waals surface area contributed by atoms with Crippen molar-refractivity contribution in [3.8, 4) is 11.5 Å². The predicted octanol–water partition coefficient (Wildman–Crippen LogP) is 3.94. The highest BCUT2D eigenvalue weighted by Gasteiger charge is 2.06. The monoisotopic (exact) mass is 271 g/mol. The maximum Gasteiger partial charge on any atom is 0.141 e. The van der Waals surface area contributed by atoms with E-state index in [0.717, 1.165) is 28.1 Å². The minimum Gasteiger partial charge on any atom is -0.507 e. The molecule has 0 radical (unpaired) electrons. The Labute approximate surface area is 120 Å². The van der Waals surface area contributed by atoms with Crippen LogP contribution in [0, 0.1) is 20.8 Å². The fourth-order valence-corrected chi connectivity index (χ4v) is 2.30. The first-order valence-electron chi connectivity index (χ1n) is 6.69. The van der Waals surface area contributed by atoms with Gasteiger partial charge in [0.25, 0.3) is 0 Å². The van der Waals surface area contributed by atoms with Crippen LogP contribution >= 0.6 is 0 Å². The molecule has 0 aliphatic heterocycles. The second-order valence-corrected chi connectivity index (χ2v) is 5.14. The molecule has 0 saturated heterocycles. The SMILES string of the molecule is COc1ccc(C)cc1NCc1cc(C)c(O)c(C)c1. The van der Waals surface area contributed by atoms with Gasteiger partial charge in [-0.1, -0.05) is 18.2 Å². The van der Waals surface area contributed by atoms with Crippen molar-refractivity contribution in [1.29, 1.82) is 0 Å². The Balaban J connectivity index is 2.18. The summed E-state index contributed by atoms with van der Waals surface area (Å²) in [5.41, 5.74) is 5.11. The maximum atomic E-state index is 9.79. The van der Waals surface area contributed by atoms with Gasteiger partial charge in [0.05, 0.1) is 12.8 Å². The first-order chi connectivity index (χ1) is 9.51. The van der Waals surface area contributed by atoms with Crippen LogP contribution in [-0.2, 0) is 6.54 Å². The lowest BCUT2D eigenvalue weighted by molar-refractivity contribution is 0.416. The third kappa shape index (κ3) is 3.05. The number of hydrogen-bond acceptors (Lipinski definition) is 3. The van der Waals surface area contributed by atoms with Gasteiger partial charge in [0, 0.05) is 6.54 Å². The molecular weight excluding hydrogens is 250 g/mol. The summed E-state index contributed by atoms with van der Waals surface area (Å²) in [5, 5.41) is 13.2. The first-order valence-corrected chi connectivity index (χ1v) is 6.69. The summed E-state index contributed by atoms with van der Waals surface area (Å²) in [6.45, 7) is 6.58. The Kier molecular flexibility index (Phi) is 4.18. The number of nitrogens with one attached hydrogen (secondary N) is 1. The molecule has 106 valence electrons. The van der Waals surface area contributed by atoms with E-state index in [4.69, 9.17) is 4.74 Å². The van der Waals surface area contributed by atoms with E-state index in [-0.39, 0.29) is 0 Å². The van der Waals surface area contributed by atoms with Crippen molar-refractivity contribution in [1.82, 2.24) is 0 Å². The largest absolute Gasteiger partial charge is 0.507 e. The molecule has 3 nitrogen and oxygen atoms in total. The number of phenols is 1. The molecule has 20 heavy (non-hydrogen) atoms.